The maximum Gasteiger partial charge on any atom is 0.460 e. The number of nitrogens with zero attached hydrogens (tertiary/aromatic N) is 3. The molecule has 2 aromatic heterocycles. The summed E-state index contributed by atoms with van der Waals surface area (Å²) in [7, 11) is -4.74. The first kappa shape index (κ1) is 29.6. The molecule has 3 fully saturated rings. The van der Waals surface area contributed by atoms with Crippen molar-refractivity contribution in [2.75, 3.05) is 5.73 Å². The number of aliphatic hydroxyl groups is 1. The number of hydrogen-bond acceptors (Lipinski definition) is 11. The van der Waals surface area contributed by atoms with Crippen LogP contribution in [0.1, 0.15) is 52.2 Å². The second-order valence-electron chi connectivity index (χ2n) is 11.2. The third-order valence-corrected chi connectivity index (χ3v) is 9.71. The number of ether oxygens (including phenoxy) is 2. The number of carbonyl (C=O) groups is 1. The van der Waals surface area contributed by atoms with Gasteiger partial charge in [-0.05, 0) is 51.7 Å². The summed E-state index contributed by atoms with van der Waals surface area (Å²) in [5.74, 6) is -4.35. The summed E-state index contributed by atoms with van der Waals surface area (Å²) in [4.78, 5) is 35.1. The number of esters is 1. The summed E-state index contributed by atoms with van der Waals surface area (Å²) in [6.07, 6.45) is 0.926. The lowest BCUT2D eigenvalue weighted by molar-refractivity contribution is -0.174. The van der Waals surface area contributed by atoms with E-state index in [0.29, 0.717) is 12.8 Å². The zero-order valence-electron chi connectivity index (χ0n) is 23.2. The number of halogens is 2. The molecule has 1 saturated heterocycles. The Bertz CT molecular complexity index is 1650. The zero-order valence-corrected chi connectivity index (χ0v) is 24.1. The van der Waals surface area contributed by atoms with Crippen molar-refractivity contribution in [1.82, 2.24) is 24.6 Å². The summed E-state index contributed by atoms with van der Waals surface area (Å²) >= 11 is 0. The van der Waals surface area contributed by atoms with Crippen molar-refractivity contribution in [3.05, 3.63) is 47.0 Å². The number of anilines is 1. The van der Waals surface area contributed by atoms with Crippen LogP contribution in [0.4, 0.5) is 14.7 Å². The molecule has 17 heteroatoms. The fraction of sp³-hybridized carbons (Fsp3) is 0.538. The quantitative estimate of drug-likeness (QED) is 0.201. The smallest absolute Gasteiger partial charge is 0.460 e. The van der Waals surface area contributed by atoms with Crippen LogP contribution in [0.5, 0.6) is 5.75 Å². The molecule has 3 unspecified atom stereocenters. The Labute approximate surface area is 243 Å². The Morgan fingerprint density at radius 3 is 2.63 bits per heavy atom. The highest BCUT2D eigenvalue weighted by Gasteiger charge is 2.97. The van der Waals surface area contributed by atoms with Crippen LogP contribution in [0.3, 0.4) is 0 Å². The maximum absolute atomic E-state index is 16.5. The number of aromatic nitrogens is 4. The average Bonchev–Trinajstić information content (AvgIpc) is 3.19. The number of para-hydroxylation sites is 1. The third kappa shape index (κ3) is 4.81. The van der Waals surface area contributed by atoms with Gasteiger partial charge in [-0.2, -0.15) is 10.1 Å². The van der Waals surface area contributed by atoms with Crippen molar-refractivity contribution in [1.29, 1.82) is 0 Å². The van der Waals surface area contributed by atoms with E-state index in [0.717, 1.165) is 37.1 Å². The predicted octanol–water partition coefficient (Wildman–Crippen LogP) is 2.80. The Morgan fingerprint density at radius 2 is 1.98 bits per heavy atom. The molecule has 0 spiro atoms. The minimum absolute atomic E-state index is 0.0159. The van der Waals surface area contributed by atoms with Gasteiger partial charge in [0.25, 0.3) is 11.4 Å². The first-order valence-corrected chi connectivity index (χ1v) is 15.3. The average molecular weight is 625 g/mol. The third-order valence-electron chi connectivity index (χ3n) is 8.07. The van der Waals surface area contributed by atoms with Crippen LogP contribution in [0, 0.1) is 0 Å². The predicted molar refractivity (Wildman–Crippen MR) is 146 cm³/mol. The standard InChI is InChI=1S/C26H31F2N6O8P/c1-14(20(36)39-15-9-5-3-6-10-15)33-43(38,41-16-11-7-4-8-12-16)42-21-25(27)24(2,37)22(40-26(21,25)28)34-13-30-17-18(34)31-23(29)32-19(17)35/h4,7-8,11-15,21-22,37H,3,5-6,9-10H2,1-2H3,(H,33,38)(H3,29,31,32,35)/t14?,21?,22-,24+,25+,26-,43?/m1/s1. The van der Waals surface area contributed by atoms with Gasteiger partial charge < -0.3 is 24.8 Å². The molecule has 43 heavy (non-hydrogen) atoms. The number of fused-ring (bicyclic) bond motifs is 2. The van der Waals surface area contributed by atoms with Gasteiger partial charge in [0.15, 0.2) is 23.5 Å². The highest BCUT2D eigenvalue weighted by atomic mass is 31.2. The fourth-order valence-corrected chi connectivity index (χ4v) is 7.42. The van der Waals surface area contributed by atoms with E-state index in [2.05, 4.69) is 20.0 Å². The van der Waals surface area contributed by atoms with Gasteiger partial charge in [-0.1, -0.05) is 24.6 Å². The molecule has 1 aliphatic heterocycles. The van der Waals surface area contributed by atoms with Crippen molar-refractivity contribution in [2.45, 2.75) is 87.6 Å². The van der Waals surface area contributed by atoms with E-state index in [4.69, 9.17) is 24.3 Å². The highest BCUT2D eigenvalue weighted by Crippen LogP contribution is 2.74. The van der Waals surface area contributed by atoms with Gasteiger partial charge in [-0.15, -0.1) is 0 Å². The SMILES string of the molecule is CC(NP(=O)(Oc1ccccc1)OC1[C@]2(F)[C@@](C)(O)[C@H](n3cnc4c(=O)[nH]c(N)nc43)O[C@]12F)C(=O)OC1CCCCC1. The van der Waals surface area contributed by atoms with Crippen LogP contribution in [-0.2, 0) is 23.4 Å². The molecular formula is C26H31F2N6O8P. The van der Waals surface area contributed by atoms with E-state index in [9.17, 15) is 19.3 Å². The monoisotopic (exact) mass is 624 g/mol. The molecule has 6 rings (SSSR count). The second kappa shape index (κ2) is 10.3. The van der Waals surface area contributed by atoms with Gasteiger partial charge in [-0.25, -0.2) is 18.3 Å². The van der Waals surface area contributed by atoms with Crippen molar-refractivity contribution in [3.8, 4) is 5.75 Å². The second-order valence-corrected chi connectivity index (χ2v) is 12.8. The van der Waals surface area contributed by atoms with Crippen molar-refractivity contribution < 1.29 is 41.8 Å². The summed E-state index contributed by atoms with van der Waals surface area (Å²) in [5.41, 5.74) is -1.46. The van der Waals surface area contributed by atoms with Crippen LogP contribution in [0.15, 0.2) is 41.5 Å². The van der Waals surface area contributed by atoms with Gasteiger partial charge in [0.2, 0.25) is 11.6 Å². The van der Waals surface area contributed by atoms with Crippen LogP contribution in [-0.4, -0.2) is 66.0 Å². The molecule has 232 valence electrons. The van der Waals surface area contributed by atoms with E-state index in [1.807, 2.05) is 0 Å². The fourth-order valence-electron chi connectivity index (χ4n) is 5.73. The molecule has 0 radical (unpaired) electrons. The molecular weight excluding hydrogens is 593 g/mol. The molecule has 2 aliphatic carbocycles. The minimum atomic E-state index is -4.74. The van der Waals surface area contributed by atoms with Gasteiger partial charge in [0.05, 0.1) is 6.33 Å². The van der Waals surface area contributed by atoms with Crippen molar-refractivity contribution >= 4 is 30.8 Å². The van der Waals surface area contributed by atoms with Crippen LogP contribution in [0.25, 0.3) is 11.2 Å². The van der Waals surface area contributed by atoms with Crippen molar-refractivity contribution in [2.24, 2.45) is 0 Å². The largest absolute Gasteiger partial charge is 0.461 e. The maximum atomic E-state index is 16.5. The van der Waals surface area contributed by atoms with E-state index >= 15 is 8.78 Å². The normalized spacial score (nSPS) is 32.6. The van der Waals surface area contributed by atoms with Crippen LogP contribution >= 0.6 is 7.75 Å². The number of nitrogen functional groups attached to an aromatic ring is 1. The van der Waals surface area contributed by atoms with E-state index < -0.39 is 54.8 Å². The van der Waals surface area contributed by atoms with Gasteiger partial charge in [-0.3, -0.25) is 23.7 Å². The lowest BCUT2D eigenvalue weighted by Crippen LogP contribution is -2.47. The van der Waals surface area contributed by atoms with E-state index in [-0.39, 0.29) is 29.0 Å². The number of H-pyrrole nitrogens is 1. The highest BCUT2D eigenvalue weighted by molar-refractivity contribution is 7.52. The Balaban J connectivity index is 1.25. The Morgan fingerprint density at radius 1 is 1.28 bits per heavy atom. The first-order valence-electron chi connectivity index (χ1n) is 13.8. The Hall–Kier alpha value is -3.43. The summed E-state index contributed by atoms with van der Waals surface area (Å²) in [6, 6.07) is 6.40. The molecule has 5 N–H and O–H groups in total. The number of benzene rings is 1. The summed E-state index contributed by atoms with van der Waals surface area (Å²) in [6.45, 7) is 2.30. The molecule has 0 bridgehead atoms. The van der Waals surface area contributed by atoms with Crippen LogP contribution < -0.4 is 20.9 Å². The molecule has 2 saturated carbocycles. The molecule has 3 aromatic rings. The number of nitrogens with two attached hydrogens (primary N) is 1. The molecule has 3 aliphatic rings. The van der Waals surface area contributed by atoms with Crippen molar-refractivity contribution in [3.63, 3.8) is 0 Å². The van der Waals surface area contributed by atoms with E-state index in [1.54, 1.807) is 18.2 Å². The number of rotatable bonds is 9. The zero-order chi connectivity index (χ0) is 30.8. The number of alkyl halides is 2. The number of hydrogen-bond donors (Lipinski definition) is 4. The van der Waals surface area contributed by atoms with E-state index in [1.165, 1.54) is 19.1 Å². The van der Waals surface area contributed by atoms with Gasteiger partial charge in [0.1, 0.15) is 23.5 Å². The lowest BCUT2D eigenvalue weighted by Gasteiger charge is -2.32. The summed E-state index contributed by atoms with van der Waals surface area (Å²) in [5, 5.41) is 13.7. The molecule has 1 aromatic carbocycles. The van der Waals surface area contributed by atoms with Gasteiger partial charge >= 0.3 is 13.7 Å². The molecule has 0 amide bonds. The molecule has 7 atom stereocenters. The molecule has 3 heterocycles. The van der Waals surface area contributed by atoms with Gasteiger partial charge in [0, 0.05) is 0 Å². The molecule has 14 nitrogen and oxygen atoms in total. The Kier molecular flexibility index (Phi) is 7.12. The minimum Gasteiger partial charge on any atom is -0.461 e. The number of carbonyl (C=O) groups excluding carboxylic acids is 1. The number of imidazole rings is 1. The van der Waals surface area contributed by atoms with Crippen LogP contribution in [0.2, 0.25) is 0 Å². The first-order chi connectivity index (χ1) is 20.3. The number of aromatic amines is 1. The lowest BCUT2D eigenvalue weighted by atomic mass is 9.96. The number of nitrogens with one attached hydrogen (secondary N) is 2. The summed E-state index contributed by atoms with van der Waals surface area (Å²) < 4.78 is 69.5. The topological polar surface area (TPSA) is 193 Å².